The van der Waals surface area contributed by atoms with Crippen LogP contribution in [0.1, 0.15) is 27.2 Å². The summed E-state index contributed by atoms with van der Waals surface area (Å²) >= 11 is 0. The lowest BCUT2D eigenvalue weighted by Crippen LogP contribution is -2.33. The summed E-state index contributed by atoms with van der Waals surface area (Å²) < 4.78 is 5.02. The zero-order valence-electron chi connectivity index (χ0n) is 12.1. The van der Waals surface area contributed by atoms with Gasteiger partial charge >= 0.3 is 6.09 Å². The number of ketones is 1. The first kappa shape index (κ1) is 17.0. The Morgan fingerprint density at radius 3 is 2.37 bits per heavy atom. The predicted molar refractivity (Wildman–Crippen MR) is 71.2 cm³/mol. The maximum absolute atomic E-state index is 11.7. The molecule has 1 N–H and O–H groups in total. The summed E-state index contributed by atoms with van der Waals surface area (Å²) in [6, 6.07) is 1.84. The highest BCUT2D eigenvalue weighted by Gasteiger charge is 2.16. The average molecular weight is 267 g/mol. The summed E-state index contributed by atoms with van der Waals surface area (Å²) in [5.74, 6) is -0.313. The van der Waals surface area contributed by atoms with Crippen molar-refractivity contribution in [3.8, 4) is 6.07 Å². The highest BCUT2D eigenvalue weighted by Crippen LogP contribution is 2.06. The third-order valence-corrected chi connectivity index (χ3v) is 1.83. The number of ether oxygens (including phenoxy) is 1. The van der Waals surface area contributed by atoms with Crippen molar-refractivity contribution in [1.29, 1.82) is 5.26 Å². The lowest BCUT2D eigenvalue weighted by Gasteiger charge is -2.19. The van der Waals surface area contributed by atoms with E-state index in [-0.39, 0.29) is 24.3 Å². The predicted octanol–water partition coefficient (Wildman–Crippen LogP) is 1.44. The molecule has 0 atom stereocenters. The zero-order chi connectivity index (χ0) is 15.1. The van der Waals surface area contributed by atoms with E-state index in [1.165, 1.54) is 6.20 Å². The lowest BCUT2D eigenvalue weighted by atomic mass is 10.1. The van der Waals surface area contributed by atoms with Crippen LogP contribution in [0.2, 0.25) is 0 Å². The van der Waals surface area contributed by atoms with Crippen molar-refractivity contribution >= 4 is 11.9 Å². The number of hydrogen-bond acceptors (Lipinski definition) is 5. The molecule has 0 aromatic carbocycles. The molecule has 6 nitrogen and oxygen atoms in total. The van der Waals surface area contributed by atoms with Crippen molar-refractivity contribution < 1.29 is 14.3 Å². The average Bonchev–Trinajstić information content (AvgIpc) is 2.22. The van der Waals surface area contributed by atoms with Gasteiger partial charge in [0.25, 0.3) is 0 Å². The van der Waals surface area contributed by atoms with Gasteiger partial charge in [0.2, 0.25) is 0 Å². The molecule has 106 valence electrons. The van der Waals surface area contributed by atoms with Crippen LogP contribution in [-0.4, -0.2) is 43.0 Å². The van der Waals surface area contributed by atoms with E-state index in [2.05, 4.69) is 5.32 Å². The van der Waals surface area contributed by atoms with Gasteiger partial charge in [-0.1, -0.05) is 0 Å². The number of amides is 1. The number of carbonyl (C=O) groups is 2. The van der Waals surface area contributed by atoms with Gasteiger partial charge < -0.3 is 15.0 Å². The van der Waals surface area contributed by atoms with E-state index in [1.54, 1.807) is 39.8 Å². The second kappa shape index (κ2) is 7.41. The van der Waals surface area contributed by atoms with Crippen molar-refractivity contribution in [2.24, 2.45) is 0 Å². The Hall–Kier alpha value is -2.03. The van der Waals surface area contributed by atoms with Crippen LogP contribution in [0.15, 0.2) is 11.8 Å². The van der Waals surface area contributed by atoms with Crippen LogP contribution in [0.3, 0.4) is 0 Å². The van der Waals surface area contributed by atoms with Crippen LogP contribution >= 0.6 is 0 Å². The summed E-state index contributed by atoms with van der Waals surface area (Å²) in [5, 5.41) is 11.3. The molecule has 19 heavy (non-hydrogen) atoms. The Morgan fingerprint density at radius 1 is 1.37 bits per heavy atom. The molecule has 0 unspecified atom stereocenters. The molecule has 0 radical (unpaired) electrons. The van der Waals surface area contributed by atoms with Crippen LogP contribution in [-0.2, 0) is 9.53 Å². The van der Waals surface area contributed by atoms with Crippen molar-refractivity contribution in [2.75, 3.05) is 20.6 Å². The topological polar surface area (TPSA) is 82.4 Å². The van der Waals surface area contributed by atoms with Gasteiger partial charge in [0.05, 0.1) is 0 Å². The van der Waals surface area contributed by atoms with E-state index in [9.17, 15) is 9.59 Å². The second-order valence-corrected chi connectivity index (χ2v) is 5.22. The molecule has 0 saturated carbocycles. The number of Topliss-reactive ketones (excluding diaryl/α,β-unsaturated/α-hetero) is 1. The van der Waals surface area contributed by atoms with Gasteiger partial charge in [-0.05, 0) is 20.8 Å². The molecular weight excluding hydrogens is 246 g/mol. The van der Waals surface area contributed by atoms with E-state index in [1.807, 2.05) is 6.07 Å². The third-order valence-electron chi connectivity index (χ3n) is 1.83. The maximum atomic E-state index is 11.7. The fourth-order valence-electron chi connectivity index (χ4n) is 1.15. The molecule has 6 heteroatoms. The monoisotopic (exact) mass is 267 g/mol. The van der Waals surface area contributed by atoms with E-state index < -0.39 is 11.7 Å². The maximum Gasteiger partial charge on any atom is 0.407 e. The Bertz CT molecular complexity index is 400. The Morgan fingerprint density at radius 2 is 1.95 bits per heavy atom. The molecule has 0 rings (SSSR count). The van der Waals surface area contributed by atoms with E-state index in [0.29, 0.717) is 0 Å². The Labute approximate surface area is 114 Å². The van der Waals surface area contributed by atoms with Gasteiger partial charge in [0, 0.05) is 33.3 Å². The Kier molecular flexibility index (Phi) is 6.62. The first-order valence-electron chi connectivity index (χ1n) is 5.94. The van der Waals surface area contributed by atoms with Gasteiger partial charge in [-0.2, -0.15) is 5.26 Å². The van der Waals surface area contributed by atoms with Crippen molar-refractivity contribution in [3.63, 3.8) is 0 Å². The summed E-state index contributed by atoms with van der Waals surface area (Å²) in [6.07, 6.45) is 0.942. The largest absolute Gasteiger partial charge is 0.444 e. The molecule has 0 aromatic heterocycles. The van der Waals surface area contributed by atoms with Gasteiger partial charge in [-0.25, -0.2) is 4.79 Å². The molecule has 0 saturated heterocycles. The normalized spacial score (nSPS) is 11.5. The zero-order valence-corrected chi connectivity index (χ0v) is 12.1. The molecule has 0 aliphatic rings. The number of allylic oxidation sites excluding steroid dienone is 1. The van der Waals surface area contributed by atoms with Crippen LogP contribution in [0.4, 0.5) is 4.79 Å². The van der Waals surface area contributed by atoms with Crippen LogP contribution < -0.4 is 5.32 Å². The molecule has 0 aliphatic carbocycles. The Balaban J connectivity index is 4.19. The molecular formula is C13H21N3O3. The standard InChI is InChI=1S/C13H21N3O3/c1-13(2,3)19-12(18)15-7-6-11(17)10(8-14)9-16(4)5/h9H,6-7H2,1-5H3,(H,15,18)/b10-9+. The molecule has 0 bridgehead atoms. The molecule has 0 aromatic rings. The number of nitriles is 1. The van der Waals surface area contributed by atoms with E-state index in [4.69, 9.17) is 10.00 Å². The highest BCUT2D eigenvalue weighted by atomic mass is 16.6. The molecule has 0 aliphatic heterocycles. The molecule has 0 fully saturated rings. The molecule has 0 spiro atoms. The quantitative estimate of drug-likeness (QED) is 0.602. The highest BCUT2D eigenvalue weighted by molar-refractivity contribution is 5.99. The lowest BCUT2D eigenvalue weighted by molar-refractivity contribution is -0.115. The minimum absolute atomic E-state index is 0.0620. The fraction of sp³-hybridized carbons (Fsp3) is 0.615. The van der Waals surface area contributed by atoms with Gasteiger partial charge in [0.15, 0.2) is 5.78 Å². The van der Waals surface area contributed by atoms with Crippen LogP contribution in [0, 0.1) is 11.3 Å². The number of alkyl carbamates (subject to hydrolysis) is 1. The minimum Gasteiger partial charge on any atom is -0.444 e. The fourth-order valence-corrected chi connectivity index (χ4v) is 1.15. The summed E-state index contributed by atoms with van der Waals surface area (Å²) in [5.41, 5.74) is -0.507. The number of carbonyl (C=O) groups excluding carboxylic acids is 2. The molecule has 1 amide bonds. The van der Waals surface area contributed by atoms with Crippen LogP contribution in [0.5, 0.6) is 0 Å². The van der Waals surface area contributed by atoms with Gasteiger partial charge in [0.1, 0.15) is 17.2 Å². The minimum atomic E-state index is -0.574. The first-order valence-corrected chi connectivity index (χ1v) is 5.94. The third kappa shape index (κ3) is 8.66. The number of rotatable bonds is 5. The number of nitrogens with one attached hydrogen (secondary N) is 1. The number of nitrogens with zero attached hydrogens (tertiary/aromatic N) is 2. The summed E-state index contributed by atoms with van der Waals surface area (Å²) in [6.45, 7) is 5.40. The summed E-state index contributed by atoms with van der Waals surface area (Å²) in [4.78, 5) is 24.6. The SMILES string of the molecule is CN(C)/C=C(\C#N)C(=O)CCNC(=O)OC(C)(C)C. The number of hydrogen-bond donors (Lipinski definition) is 1. The van der Waals surface area contributed by atoms with E-state index >= 15 is 0 Å². The van der Waals surface area contributed by atoms with E-state index in [0.717, 1.165) is 0 Å². The van der Waals surface area contributed by atoms with Gasteiger partial charge in [-0.3, -0.25) is 4.79 Å². The van der Waals surface area contributed by atoms with Crippen molar-refractivity contribution in [1.82, 2.24) is 10.2 Å². The molecule has 0 heterocycles. The van der Waals surface area contributed by atoms with Crippen molar-refractivity contribution in [3.05, 3.63) is 11.8 Å². The first-order chi connectivity index (χ1) is 8.65. The van der Waals surface area contributed by atoms with Crippen LogP contribution in [0.25, 0.3) is 0 Å². The van der Waals surface area contributed by atoms with Crippen molar-refractivity contribution in [2.45, 2.75) is 32.8 Å². The second-order valence-electron chi connectivity index (χ2n) is 5.22. The smallest absolute Gasteiger partial charge is 0.407 e. The van der Waals surface area contributed by atoms with Gasteiger partial charge in [-0.15, -0.1) is 0 Å². The summed E-state index contributed by atoms with van der Waals surface area (Å²) in [7, 11) is 3.45.